The normalized spacial score (nSPS) is 10.5. The number of hydrogen-bond acceptors (Lipinski definition) is 10. The van der Waals surface area contributed by atoms with Gasteiger partial charge in [-0.25, -0.2) is 0 Å². The molecule has 16 aromatic carbocycles. The summed E-state index contributed by atoms with van der Waals surface area (Å²) in [5.41, 5.74) is 35.1. The molecule has 0 N–H and O–H groups in total. The Hall–Kier alpha value is -15.1. The standard InChI is InChI=1S/2C24H22O2.2C22H22O2.C17H18O.C16H18O/c1-15-5-7-21(13-17(15)3)23(25)19-9-11-20(12-10-19)24(26)22-8-6-16(2)18(4)14-22;1-15-8-9-21(14-17(15)3)23(25)19-10-12-20(13-11-19)24(26)22-7-5-6-16(2)18(22)4;1-15-5-7-21(13-17(15)3)23-19-9-11-20(12-10-19)24-22-8-6-16(2)18(4)14-22;1-15-8-9-21(14-17(15)3)23-19-10-12-20(13-11-19)24-22-7-5-6-16(2)18(22)4;1-11-5-7-15(9-13(11)3)17(18)16-8-6-12(2)14(4)10-16;1-11-5-7-15(9-13(11)3)17-16-8-6-12(2)14(4)10-16/h2*5-14H,1-4H3;2*5-14H,1-4H3;5-10H,1-4H3;5-10H,1-4H3. The second-order valence-electron chi connectivity index (χ2n) is 35.4. The Morgan fingerprint density at radius 3 is 0.556 bits per heavy atom. The van der Waals surface area contributed by atoms with Gasteiger partial charge in [-0.2, -0.15) is 0 Å². The number of benzene rings is 16. The van der Waals surface area contributed by atoms with Crippen molar-refractivity contribution < 1.29 is 47.7 Å². The van der Waals surface area contributed by atoms with Gasteiger partial charge in [-0.1, -0.05) is 170 Å². The van der Waals surface area contributed by atoms with Crippen molar-refractivity contribution in [3.8, 4) is 57.5 Å². The first kappa shape index (κ1) is 100. The molecule has 0 aliphatic carbocycles. The van der Waals surface area contributed by atoms with Crippen LogP contribution in [0.1, 0.15) is 213 Å². The van der Waals surface area contributed by atoms with Crippen molar-refractivity contribution in [1.29, 1.82) is 0 Å². The molecule has 0 saturated heterocycles. The first-order valence-corrected chi connectivity index (χ1v) is 45.7. The van der Waals surface area contributed by atoms with Crippen LogP contribution in [0, 0.1) is 166 Å². The van der Waals surface area contributed by atoms with Crippen molar-refractivity contribution in [3.05, 3.63) is 505 Å². The molecule has 135 heavy (non-hydrogen) atoms. The highest BCUT2D eigenvalue weighted by atomic mass is 16.5. The summed E-state index contributed by atoms with van der Waals surface area (Å²) in [6.45, 7) is 49.3. The van der Waals surface area contributed by atoms with Crippen LogP contribution >= 0.6 is 0 Å². The van der Waals surface area contributed by atoms with Crippen molar-refractivity contribution >= 4 is 28.9 Å². The summed E-state index contributed by atoms with van der Waals surface area (Å²) >= 11 is 0. The molecule has 0 heterocycles. The highest BCUT2D eigenvalue weighted by Gasteiger charge is 2.19. The lowest BCUT2D eigenvalue weighted by Crippen LogP contribution is -2.06. The molecule has 0 aromatic heterocycles. The summed E-state index contributed by atoms with van der Waals surface area (Å²) < 4.78 is 29.5. The molecule has 0 spiro atoms. The minimum absolute atomic E-state index is 0.0172. The fourth-order valence-electron chi connectivity index (χ4n) is 14.3. The average molecular weight is 1790 g/mol. The van der Waals surface area contributed by atoms with E-state index in [1.807, 2.05) is 269 Å². The Morgan fingerprint density at radius 1 is 0.141 bits per heavy atom. The molecule has 16 rings (SSSR count). The Balaban J connectivity index is 0.000000157. The smallest absolute Gasteiger partial charge is 0.193 e. The van der Waals surface area contributed by atoms with Gasteiger partial charge in [0, 0.05) is 55.6 Å². The summed E-state index contributed by atoms with van der Waals surface area (Å²) in [4.78, 5) is 63.1. The third-order valence-electron chi connectivity index (χ3n) is 25.3. The van der Waals surface area contributed by atoms with Crippen molar-refractivity contribution in [3.63, 3.8) is 0 Å². The van der Waals surface area contributed by atoms with Crippen molar-refractivity contribution in [2.45, 2.75) is 166 Å². The summed E-state index contributed by atoms with van der Waals surface area (Å²) in [5.74, 6) is 8.42. The predicted molar refractivity (Wildman–Crippen MR) is 554 cm³/mol. The minimum Gasteiger partial charge on any atom is -0.457 e. The lowest BCUT2D eigenvalue weighted by molar-refractivity contribution is 0.102. The van der Waals surface area contributed by atoms with E-state index in [2.05, 4.69) is 164 Å². The van der Waals surface area contributed by atoms with Gasteiger partial charge >= 0.3 is 0 Å². The van der Waals surface area contributed by atoms with E-state index in [1.165, 1.54) is 72.3 Å². The molecule has 10 nitrogen and oxygen atoms in total. The summed E-state index contributed by atoms with van der Waals surface area (Å²) in [7, 11) is 0. The molecule has 16 aromatic rings. The van der Waals surface area contributed by atoms with Crippen LogP contribution < -0.4 is 23.7 Å². The molecule has 0 radical (unpaired) electrons. The fourth-order valence-corrected chi connectivity index (χ4v) is 14.3. The quantitative estimate of drug-likeness (QED) is 0.0680. The second kappa shape index (κ2) is 46.3. The highest BCUT2D eigenvalue weighted by Crippen LogP contribution is 2.34. The fraction of sp³-hybridized carbons (Fsp3) is 0.192. The van der Waals surface area contributed by atoms with E-state index < -0.39 is 0 Å². The molecular formula is C125H124O10. The molecule has 0 amide bonds. The molecular weight excluding hydrogens is 1660 g/mol. The van der Waals surface area contributed by atoms with Crippen molar-refractivity contribution in [2.24, 2.45) is 0 Å². The average Bonchev–Trinajstić information content (AvgIpc) is 0.806. The zero-order chi connectivity index (χ0) is 97.6. The molecule has 0 fully saturated rings. The molecule has 0 bridgehead atoms. The molecule has 684 valence electrons. The van der Waals surface area contributed by atoms with E-state index in [0.29, 0.717) is 44.5 Å². The number of carbonyl (C=O) groups is 5. The van der Waals surface area contributed by atoms with Crippen LogP contribution in [0.5, 0.6) is 57.5 Å². The van der Waals surface area contributed by atoms with Gasteiger partial charge in [0.25, 0.3) is 0 Å². The zero-order valence-electron chi connectivity index (χ0n) is 82.6. The van der Waals surface area contributed by atoms with E-state index in [9.17, 15) is 24.0 Å². The summed E-state index contributed by atoms with van der Waals surface area (Å²) in [5, 5.41) is 0. The van der Waals surface area contributed by atoms with Gasteiger partial charge in [-0.15, -0.1) is 0 Å². The topological polar surface area (TPSA) is 132 Å². The monoisotopic (exact) mass is 1780 g/mol. The van der Waals surface area contributed by atoms with Crippen LogP contribution in [0.25, 0.3) is 0 Å². The van der Waals surface area contributed by atoms with Crippen LogP contribution in [0.2, 0.25) is 0 Å². The largest absolute Gasteiger partial charge is 0.457 e. The first-order valence-electron chi connectivity index (χ1n) is 45.7. The first-order chi connectivity index (χ1) is 64.3. The number of ether oxygens (including phenoxy) is 5. The number of aryl methyl sites for hydroxylation is 22. The summed E-state index contributed by atoms with van der Waals surface area (Å²) in [6.07, 6.45) is 0. The second-order valence-corrected chi connectivity index (χ2v) is 35.4. The van der Waals surface area contributed by atoms with Crippen LogP contribution in [-0.4, -0.2) is 28.9 Å². The SMILES string of the molecule is Cc1ccc(C(=O)c2ccc(C(=O)c3ccc(C)c(C)c3)cc2)cc1C.Cc1ccc(C(=O)c2ccc(C(=O)c3cccc(C)c3C)cc2)cc1C.Cc1ccc(C(=O)c2ccc(C)c(C)c2)cc1C.Cc1ccc(Oc2ccc(C)c(C)c2)cc1C.Cc1ccc(Oc2ccc(Oc3ccc(C)c(C)c3)cc2)cc1C.Cc1ccc(Oc2ccc(Oc3cccc(C)c3C)cc2)cc1C. The van der Waals surface area contributed by atoms with E-state index in [-0.39, 0.29) is 28.9 Å². The van der Waals surface area contributed by atoms with E-state index in [0.717, 1.165) is 130 Å². The Labute approximate surface area is 799 Å². The van der Waals surface area contributed by atoms with Crippen molar-refractivity contribution in [1.82, 2.24) is 0 Å². The number of hydrogen-bond donors (Lipinski definition) is 0. The van der Waals surface area contributed by atoms with Crippen LogP contribution in [0.4, 0.5) is 0 Å². The lowest BCUT2D eigenvalue weighted by Gasteiger charge is -2.12. The number of carbonyl (C=O) groups excluding carboxylic acids is 5. The predicted octanol–water partition coefficient (Wildman–Crippen LogP) is 32.6. The summed E-state index contributed by atoms with van der Waals surface area (Å²) in [6, 6.07) is 101. The Morgan fingerprint density at radius 2 is 0.319 bits per heavy atom. The van der Waals surface area contributed by atoms with Gasteiger partial charge < -0.3 is 23.7 Å². The van der Waals surface area contributed by atoms with Gasteiger partial charge in [0.1, 0.15) is 57.5 Å². The molecule has 0 atom stereocenters. The molecule has 0 unspecified atom stereocenters. The third-order valence-corrected chi connectivity index (χ3v) is 25.3. The minimum atomic E-state index is -0.0294. The highest BCUT2D eigenvalue weighted by molar-refractivity contribution is 6.14. The van der Waals surface area contributed by atoms with Gasteiger partial charge in [0.05, 0.1) is 0 Å². The van der Waals surface area contributed by atoms with Gasteiger partial charge in [-0.05, 0) is 445 Å². The Bertz CT molecular complexity index is 6730. The van der Waals surface area contributed by atoms with E-state index in [1.54, 1.807) is 48.5 Å². The maximum absolute atomic E-state index is 12.8. The lowest BCUT2D eigenvalue weighted by atomic mass is 9.94. The van der Waals surface area contributed by atoms with E-state index in [4.69, 9.17) is 23.7 Å². The molecule has 0 aliphatic rings. The van der Waals surface area contributed by atoms with Crippen LogP contribution in [0.3, 0.4) is 0 Å². The zero-order valence-corrected chi connectivity index (χ0v) is 82.6. The molecule has 10 heteroatoms. The molecule has 0 aliphatic heterocycles. The van der Waals surface area contributed by atoms with Gasteiger partial charge in [0.2, 0.25) is 0 Å². The number of rotatable bonds is 20. The molecule has 0 saturated carbocycles. The number of ketones is 5. The maximum atomic E-state index is 12.8. The van der Waals surface area contributed by atoms with E-state index >= 15 is 0 Å². The maximum Gasteiger partial charge on any atom is 0.193 e. The van der Waals surface area contributed by atoms with Gasteiger partial charge in [-0.3, -0.25) is 24.0 Å². The van der Waals surface area contributed by atoms with Crippen LogP contribution in [0.15, 0.2) is 315 Å². The Kier molecular flexibility index (Phi) is 34.4. The third kappa shape index (κ3) is 27.5. The van der Waals surface area contributed by atoms with Crippen LogP contribution in [-0.2, 0) is 0 Å². The van der Waals surface area contributed by atoms with Crippen molar-refractivity contribution in [2.75, 3.05) is 0 Å². The van der Waals surface area contributed by atoms with Gasteiger partial charge in [0.15, 0.2) is 28.9 Å².